The monoisotopic (exact) mass is 202 g/mol. The fraction of sp³-hybridized carbons (Fsp3) is 0.222. The molecule has 68 valence electrons. The van der Waals surface area contributed by atoms with Gasteiger partial charge in [-0.2, -0.15) is 0 Å². The first-order chi connectivity index (χ1) is 6.11. The number of ketones is 1. The lowest BCUT2D eigenvalue weighted by molar-refractivity contribution is 0.0994. The van der Waals surface area contributed by atoms with Crippen LogP contribution in [0.4, 0.5) is 8.78 Å². The number of carbonyl (C=O) groups is 1. The van der Waals surface area contributed by atoms with Gasteiger partial charge < -0.3 is 0 Å². The topological polar surface area (TPSA) is 17.1 Å². The molecule has 13 heavy (non-hydrogen) atoms. The molecule has 0 fully saturated rings. The van der Waals surface area contributed by atoms with E-state index in [9.17, 15) is 13.6 Å². The summed E-state index contributed by atoms with van der Waals surface area (Å²) in [5, 5.41) is -0.520. The first-order valence-electron chi connectivity index (χ1n) is 3.81. The summed E-state index contributed by atoms with van der Waals surface area (Å²) in [6, 6.07) is 1.01. The first-order valence-corrected chi connectivity index (χ1v) is 4.18. The van der Waals surface area contributed by atoms with Crippen LogP contribution < -0.4 is 0 Å². The Balaban J connectivity index is 2.74. The lowest BCUT2D eigenvalue weighted by Gasteiger charge is -2.02. The van der Waals surface area contributed by atoms with Crippen LogP contribution >= 0.6 is 11.6 Å². The van der Waals surface area contributed by atoms with Gasteiger partial charge in [-0.05, 0) is 12.5 Å². The van der Waals surface area contributed by atoms with E-state index in [1.165, 1.54) is 0 Å². The van der Waals surface area contributed by atoms with Gasteiger partial charge >= 0.3 is 0 Å². The Bertz CT molecular complexity index is 401. The van der Waals surface area contributed by atoms with Crippen molar-refractivity contribution in [3.8, 4) is 0 Å². The van der Waals surface area contributed by atoms with E-state index >= 15 is 0 Å². The van der Waals surface area contributed by atoms with Crippen molar-refractivity contribution in [3.05, 3.63) is 33.9 Å². The van der Waals surface area contributed by atoms with Crippen molar-refractivity contribution in [3.63, 3.8) is 0 Å². The largest absolute Gasteiger partial charge is 0.294 e. The highest BCUT2D eigenvalue weighted by atomic mass is 35.5. The second kappa shape index (κ2) is 2.77. The van der Waals surface area contributed by atoms with E-state index in [4.69, 9.17) is 11.6 Å². The first kappa shape index (κ1) is 8.63. The number of carbonyl (C=O) groups excluding carboxylic acids is 1. The van der Waals surface area contributed by atoms with Crippen molar-refractivity contribution in [1.29, 1.82) is 0 Å². The van der Waals surface area contributed by atoms with E-state index in [1.54, 1.807) is 0 Å². The highest BCUT2D eigenvalue weighted by molar-refractivity contribution is 6.31. The third kappa shape index (κ3) is 1.15. The number of hydrogen-bond donors (Lipinski definition) is 0. The number of rotatable bonds is 0. The molecular weight excluding hydrogens is 198 g/mol. The van der Waals surface area contributed by atoms with E-state index in [2.05, 4.69) is 0 Å². The lowest BCUT2D eigenvalue weighted by atomic mass is 10.1. The fourth-order valence-corrected chi connectivity index (χ4v) is 1.67. The van der Waals surface area contributed by atoms with Crippen LogP contribution in [0.5, 0.6) is 0 Å². The van der Waals surface area contributed by atoms with Crippen molar-refractivity contribution >= 4 is 17.4 Å². The highest BCUT2D eigenvalue weighted by Gasteiger charge is 2.26. The molecule has 1 aromatic carbocycles. The highest BCUT2D eigenvalue weighted by Crippen LogP contribution is 2.31. The molecule has 1 aliphatic carbocycles. The normalized spacial score (nSPS) is 14.8. The van der Waals surface area contributed by atoms with E-state index in [0.717, 1.165) is 6.07 Å². The van der Waals surface area contributed by atoms with Crippen LogP contribution in [-0.4, -0.2) is 5.78 Å². The third-order valence-corrected chi connectivity index (χ3v) is 2.51. The minimum atomic E-state index is -0.867. The van der Waals surface area contributed by atoms with Crippen LogP contribution in [0, 0.1) is 11.6 Å². The number of Topliss-reactive ketones (excluding diaryl/α,β-unsaturated/α-hetero) is 1. The van der Waals surface area contributed by atoms with E-state index < -0.39 is 16.7 Å². The Morgan fingerprint density at radius 2 is 2.00 bits per heavy atom. The minimum Gasteiger partial charge on any atom is -0.294 e. The van der Waals surface area contributed by atoms with Gasteiger partial charge in [-0.15, -0.1) is 0 Å². The van der Waals surface area contributed by atoms with Gasteiger partial charge in [0.2, 0.25) is 0 Å². The maximum atomic E-state index is 13.2. The van der Waals surface area contributed by atoms with E-state index in [0.29, 0.717) is 6.42 Å². The average molecular weight is 203 g/mol. The van der Waals surface area contributed by atoms with Crippen LogP contribution in [-0.2, 0) is 6.42 Å². The SMILES string of the molecule is O=C1CCc2c1cc(F)c(Cl)c2F. The fourth-order valence-electron chi connectivity index (χ4n) is 1.50. The zero-order valence-electron chi connectivity index (χ0n) is 6.53. The Labute approximate surface area is 78.3 Å². The molecular formula is C9H5ClF2O. The quantitative estimate of drug-likeness (QED) is 0.592. The molecule has 0 radical (unpaired) electrons. The molecule has 0 aromatic heterocycles. The van der Waals surface area contributed by atoms with Gasteiger partial charge in [-0.25, -0.2) is 8.78 Å². The molecule has 1 aromatic rings. The summed E-state index contributed by atoms with van der Waals surface area (Å²) < 4.78 is 26.1. The summed E-state index contributed by atoms with van der Waals surface area (Å²) in [4.78, 5) is 11.1. The molecule has 0 saturated carbocycles. The number of halogens is 3. The third-order valence-electron chi connectivity index (χ3n) is 2.17. The molecule has 0 N–H and O–H groups in total. The number of hydrogen-bond acceptors (Lipinski definition) is 1. The van der Waals surface area contributed by atoms with Crippen LogP contribution in [0.2, 0.25) is 5.02 Å². The average Bonchev–Trinajstić information content (AvgIpc) is 2.45. The number of benzene rings is 1. The summed E-state index contributed by atoms with van der Waals surface area (Å²) >= 11 is 5.35. The van der Waals surface area contributed by atoms with Crippen molar-refractivity contribution in [1.82, 2.24) is 0 Å². The van der Waals surface area contributed by atoms with Gasteiger partial charge in [0.05, 0.1) is 0 Å². The van der Waals surface area contributed by atoms with Crippen LogP contribution in [0.3, 0.4) is 0 Å². The second-order valence-corrected chi connectivity index (χ2v) is 3.31. The second-order valence-electron chi connectivity index (χ2n) is 2.94. The zero-order valence-corrected chi connectivity index (χ0v) is 7.29. The lowest BCUT2D eigenvalue weighted by Crippen LogP contribution is -1.96. The minimum absolute atomic E-state index is 0.138. The smallest absolute Gasteiger partial charge is 0.163 e. The predicted octanol–water partition coefficient (Wildman–Crippen LogP) is 2.75. The van der Waals surface area contributed by atoms with Gasteiger partial charge in [-0.3, -0.25) is 4.79 Å². The summed E-state index contributed by atoms with van der Waals surface area (Å²) in [6.07, 6.45) is 0.562. The van der Waals surface area contributed by atoms with Crippen LogP contribution in [0.15, 0.2) is 6.07 Å². The van der Waals surface area contributed by atoms with Gasteiger partial charge in [-0.1, -0.05) is 11.6 Å². The summed E-state index contributed by atoms with van der Waals surface area (Å²) in [7, 11) is 0. The molecule has 4 heteroatoms. The Hall–Kier alpha value is -0.960. The molecule has 1 aliphatic rings. The van der Waals surface area contributed by atoms with Gasteiger partial charge in [0.1, 0.15) is 16.7 Å². The molecule has 0 saturated heterocycles. The van der Waals surface area contributed by atoms with E-state index in [-0.39, 0.29) is 23.3 Å². The predicted molar refractivity (Wildman–Crippen MR) is 44.0 cm³/mol. The van der Waals surface area contributed by atoms with Gasteiger partial charge in [0.25, 0.3) is 0 Å². The Morgan fingerprint density at radius 1 is 1.31 bits per heavy atom. The summed E-state index contributed by atoms with van der Waals surface area (Å²) in [6.45, 7) is 0. The zero-order chi connectivity index (χ0) is 9.59. The molecule has 0 atom stereocenters. The number of fused-ring (bicyclic) bond motifs is 1. The maximum absolute atomic E-state index is 13.2. The van der Waals surface area contributed by atoms with Crippen molar-refractivity contribution in [2.24, 2.45) is 0 Å². The van der Waals surface area contributed by atoms with Gasteiger partial charge in [0, 0.05) is 17.5 Å². The van der Waals surface area contributed by atoms with Crippen molar-refractivity contribution in [2.75, 3.05) is 0 Å². The van der Waals surface area contributed by atoms with Crippen LogP contribution in [0.25, 0.3) is 0 Å². The molecule has 0 heterocycles. The molecule has 2 rings (SSSR count). The summed E-state index contributed by atoms with van der Waals surface area (Å²) in [5.41, 5.74) is 0.385. The molecule has 0 unspecified atom stereocenters. The molecule has 0 amide bonds. The molecule has 1 nitrogen and oxygen atoms in total. The van der Waals surface area contributed by atoms with Crippen molar-refractivity contribution in [2.45, 2.75) is 12.8 Å². The Morgan fingerprint density at radius 3 is 2.69 bits per heavy atom. The van der Waals surface area contributed by atoms with Crippen molar-refractivity contribution < 1.29 is 13.6 Å². The van der Waals surface area contributed by atoms with E-state index in [1.807, 2.05) is 0 Å². The van der Waals surface area contributed by atoms with Crippen LogP contribution in [0.1, 0.15) is 22.3 Å². The molecule has 0 aliphatic heterocycles. The molecule has 0 spiro atoms. The van der Waals surface area contributed by atoms with Gasteiger partial charge in [0.15, 0.2) is 5.78 Å². The molecule has 0 bridgehead atoms. The Kier molecular flexibility index (Phi) is 1.84. The maximum Gasteiger partial charge on any atom is 0.163 e. The standard InChI is InChI=1S/C9H5ClF2O/c10-8-6(11)3-5-4(9(8)12)1-2-7(5)13/h3H,1-2H2. The summed E-state index contributed by atoms with van der Waals surface area (Å²) in [5.74, 6) is -1.87.